The van der Waals surface area contributed by atoms with Gasteiger partial charge in [-0.05, 0) is 61.7 Å². The van der Waals surface area contributed by atoms with Crippen LogP contribution in [-0.4, -0.2) is 56.9 Å². The summed E-state index contributed by atoms with van der Waals surface area (Å²) >= 11 is 0. The summed E-state index contributed by atoms with van der Waals surface area (Å²) in [7, 11) is -0.831. The van der Waals surface area contributed by atoms with Gasteiger partial charge < -0.3 is 26.5 Å². The molecule has 3 atom stereocenters. The molecule has 1 heterocycles. The van der Waals surface area contributed by atoms with Crippen LogP contribution >= 0.6 is 0 Å². The first kappa shape index (κ1) is 31.4. The molecule has 5 N–H and O–H groups in total. The molecule has 3 unspecified atom stereocenters. The van der Waals surface area contributed by atoms with Gasteiger partial charge in [0.25, 0.3) is 11.8 Å². The molecule has 11 heteroatoms. The molecule has 1 aliphatic heterocycles. The summed E-state index contributed by atoms with van der Waals surface area (Å²) in [6.07, 6.45) is 2.44. The molecule has 1 fully saturated rings. The number of halogens is 2. The Morgan fingerprint density at radius 1 is 1.12 bits per heavy atom. The second kappa shape index (κ2) is 14.5. The van der Waals surface area contributed by atoms with Crippen LogP contribution in [0.2, 0.25) is 0 Å². The standard InChI is InChI=1S/C18H19N3O3S.C12H15F2NO/c19-10-13-9-16(22)4-5-17(13)20-14-3-1-2-12(8-14)18(23)21-15-6-7-25(24)11-15;1-9(15-11(16)12(2,13)14)8-10-6-4-3-5-7-10/h1-5,8-10,15,19-20,22H,6-7,11H2,(H,21,23);3-7,9H,8H2,1-2H3,(H,15,16). The van der Waals surface area contributed by atoms with Crippen molar-refractivity contribution in [2.45, 2.75) is 44.7 Å². The highest BCUT2D eigenvalue weighted by molar-refractivity contribution is 7.85. The van der Waals surface area contributed by atoms with Crippen molar-refractivity contribution in [2.75, 3.05) is 16.8 Å². The number of amides is 2. The Labute approximate surface area is 240 Å². The molecule has 1 aliphatic rings. The lowest BCUT2D eigenvalue weighted by atomic mass is 10.1. The van der Waals surface area contributed by atoms with Crippen LogP contribution in [0.15, 0.2) is 72.8 Å². The number of rotatable bonds is 9. The zero-order valence-corrected chi connectivity index (χ0v) is 23.6. The zero-order chi connectivity index (χ0) is 30.0. The third-order valence-electron chi connectivity index (χ3n) is 6.17. The molecular weight excluding hydrogens is 550 g/mol. The SMILES string of the molecule is CC(Cc1ccccc1)NC(=O)C(C)(F)F.N=Cc1cc(O)ccc1Nc1cccc(C(=O)NC2CCS(=O)C2)c1. The lowest BCUT2D eigenvalue weighted by molar-refractivity contribution is -0.143. The Hall–Kier alpha value is -4.12. The largest absolute Gasteiger partial charge is 0.508 e. The van der Waals surface area contributed by atoms with E-state index in [1.54, 1.807) is 31.2 Å². The van der Waals surface area contributed by atoms with E-state index in [0.717, 1.165) is 18.2 Å². The van der Waals surface area contributed by atoms with Crippen LogP contribution in [0, 0.1) is 5.41 Å². The van der Waals surface area contributed by atoms with E-state index < -0.39 is 22.6 Å². The highest BCUT2D eigenvalue weighted by Crippen LogP contribution is 2.24. The lowest BCUT2D eigenvalue weighted by Crippen LogP contribution is -2.43. The van der Waals surface area contributed by atoms with E-state index in [-0.39, 0.29) is 23.7 Å². The third-order valence-corrected chi connectivity index (χ3v) is 7.64. The van der Waals surface area contributed by atoms with E-state index in [1.807, 2.05) is 36.4 Å². The molecule has 3 aromatic carbocycles. The van der Waals surface area contributed by atoms with E-state index in [0.29, 0.717) is 47.4 Å². The van der Waals surface area contributed by atoms with Gasteiger partial charge in [-0.25, -0.2) is 0 Å². The van der Waals surface area contributed by atoms with Gasteiger partial charge in [0.05, 0.1) is 0 Å². The van der Waals surface area contributed by atoms with E-state index >= 15 is 0 Å². The molecule has 0 aliphatic carbocycles. The van der Waals surface area contributed by atoms with E-state index in [2.05, 4.69) is 16.0 Å². The predicted molar refractivity (Wildman–Crippen MR) is 158 cm³/mol. The number of phenolic OH excluding ortho intramolecular Hbond substituents is 1. The van der Waals surface area contributed by atoms with Crippen molar-refractivity contribution in [3.8, 4) is 5.75 Å². The fraction of sp³-hybridized carbons (Fsp3) is 0.300. The Kier molecular flexibility index (Phi) is 11.1. The maximum atomic E-state index is 12.6. The first-order valence-corrected chi connectivity index (χ1v) is 14.5. The highest BCUT2D eigenvalue weighted by Gasteiger charge is 2.32. The van der Waals surface area contributed by atoms with Gasteiger partial charge in [-0.3, -0.25) is 13.8 Å². The van der Waals surface area contributed by atoms with Crippen molar-refractivity contribution in [2.24, 2.45) is 0 Å². The quantitative estimate of drug-likeness (QED) is 0.183. The number of nitrogens with one attached hydrogen (secondary N) is 4. The number of anilines is 2. The topological polar surface area (TPSA) is 131 Å². The second-order valence-electron chi connectivity index (χ2n) is 9.84. The second-order valence-corrected chi connectivity index (χ2v) is 11.5. The summed E-state index contributed by atoms with van der Waals surface area (Å²) < 4.78 is 36.6. The Morgan fingerprint density at radius 3 is 2.49 bits per heavy atom. The molecule has 41 heavy (non-hydrogen) atoms. The summed E-state index contributed by atoms with van der Waals surface area (Å²) in [6.45, 7) is 2.30. The molecule has 218 valence electrons. The number of hydrogen-bond acceptors (Lipinski definition) is 6. The van der Waals surface area contributed by atoms with Gasteiger partial charge in [-0.1, -0.05) is 36.4 Å². The van der Waals surface area contributed by atoms with Crippen molar-refractivity contribution in [1.82, 2.24) is 10.6 Å². The molecule has 1 saturated heterocycles. The number of carbonyl (C=O) groups is 2. The van der Waals surface area contributed by atoms with Crippen molar-refractivity contribution < 1.29 is 27.7 Å². The van der Waals surface area contributed by atoms with Crippen molar-refractivity contribution >= 4 is 40.2 Å². The number of phenols is 1. The van der Waals surface area contributed by atoms with Crippen LogP contribution in [-0.2, 0) is 22.0 Å². The summed E-state index contributed by atoms with van der Waals surface area (Å²) in [5, 5.41) is 25.3. The maximum Gasteiger partial charge on any atom is 0.321 e. The molecule has 0 radical (unpaired) electrons. The molecular formula is C30H34F2N4O4S. The van der Waals surface area contributed by atoms with Crippen LogP contribution in [0.1, 0.15) is 41.8 Å². The van der Waals surface area contributed by atoms with Gasteiger partial charge >= 0.3 is 5.92 Å². The van der Waals surface area contributed by atoms with Crippen molar-refractivity contribution in [1.29, 1.82) is 5.41 Å². The van der Waals surface area contributed by atoms with Gasteiger partial charge in [0, 0.05) is 70.0 Å². The van der Waals surface area contributed by atoms with Gasteiger partial charge in [0.2, 0.25) is 0 Å². The van der Waals surface area contributed by atoms with Crippen molar-refractivity contribution in [3.63, 3.8) is 0 Å². The van der Waals surface area contributed by atoms with Gasteiger partial charge in [-0.15, -0.1) is 0 Å². The zero-order valence-electron chi connectivity index (χ0n) is 22.8. The normalized spacial score (nSPS) is 17.0. The first-order chi connectivity index (χ1) is 19.4. The summed E-state index contributed by atoms with van der Waals surface area (Å²) in [6, 6.07) is 20.8. The fourth-order valence-electron chi connectivity index (χ4n) is 4.09. The fourth-order valence-corrected chi connectivity index (χ4v) is 5.51. The number of benzene rings is 3. The number of carbonyl (C=O) groups excluding carboxylic acids is 2. The molecule has 2 amide bonds. The average Bonchev–Trinajstić information content (AvgIpc) is 3.34. The molecule has 0 bridgehead atoms. The Balaban J connectivity index is 0.000000250. The van der Waals surface area contributed by atoms with Crippen LogP contribution in [0.3, 0.4) is 0 Å². The summed E-state index contributed by atoms with van der Waals surface area (Å²) in [4.78, 5) is 23.4. The first-order valence-electron chi connectivity index (χ1n) is 13.0. The van der Waals surface area contributed by atoms with Crippen LogP contribution in [0.25, 0.3) is 0 Å². The number of alkyl halides is 2. The predicted octanol–water partition coefficient (Wildman–Crippen LogP) is 4.77. The third kappa shape index (κ3) is 10.1. The molecule has 0 aromatic heterocycles. The van der Waals surface area contributed by atoms with Gasteiger partial charge in [-0.2, -0.15) is 8.78 Å². The van der Waals surface area contributed by atoms with Crippen molar-refractivity contribution in [3.05, 3.63) is 89.5 Å². The van der Waals surface area contributed by atoms with Crippen LogP contribution in [0.4, 0.5) is 20.2 Å². The highest BCUT2D eigenvalue weighted by atomic mass is 32.2. The molecule has 0 spiro atoms. The van der Waals surface area contributed by atoms with E-state index in [4.69, 9.17) is 5.41 Å². The molecule has 3 aromatic rings. The lowest BCUT2D eigenvalue weighted by Gasteiger charge is -2.17. The number of aromatic hydroxyl groups is 1. The monoisotopic (exact) mass is 584 g/mol. The Bertz CT molecular complexity index is 1380. The van der Waals surface area contributed by atoms with Crippen LogP contribution < -0.4 is 16.0 Å². The minimum atomic E-state index is -3.31. The Morgan fingerprint density at radius 2 is 1.85 bits per heavy atom. The molecule has 0 saturated carbocycles. The van der Waals surface area contributed by atoms with Gasteiger partial charge in [0.15, 0.2) is 0 Å². The summed E-state index contributed by atoms with van der Waals surface area (Å²) in [5.74, 6) is -3.49. The van der Waals surface area contributed by atoms with E-state index in [1.165, 1.54) is 12.1 Å². The average molecular weight is 585 g/mol. The summed E-state index contributed by atoms with van der Waals surface area (Å²) in [5.41, 5.74) is 3.43. The minimum absolute atomic E-state index is 0.0356. The molecule has 4 rings (SSSR count). The number of hydrogen-bond donors (Lipinski definition) is 5. The van der Waals surface area contributed by atoms with Gasteiger partial charge in [0.1, 0.15) is 5.75 Å². The minimum Gasteiger partial charge on any atom is -0.508 e. The smallest absolute Gasteiger partial charge is 0.321 e. The maximum absolute atomic E-state index is 12.6. The van der Waals surface area contributed by atoms with Crippen LogP contribution in [0.5, 0.6) is 5.75 Å². The molecule has 8 nitrogen and oxygen atoms in total. The van der Waals surface area contributed by atoms with E-state index in [9.17, 15) is 27.7 Å².